The molecule has 2 aromatic carbocycles. The van der Waals surface area contributed by atoms with E-state index in [9.17, 15) is 14.4 Å². The molecule has 4 aromatic rings. The van der Waals surface area contributed by atoms with Gasteiger partial charge in [-0.05, 0) is 62.2 Å². The van der Waals surface area contributed by atoms with Crippen molar-refractivity contribution in [3.63, 3.8) is 0 Å². The van der Waals surface area contributed by atoms with Crippen LogP contribution in [-0.2, 0) is 23.0 Å². The highest BCUT2D eigenvalue weighted by Crippen LogP contribution is 2.25. The first-order valence-corrected chi connectivity index (χ1v) is 10.9. The van der Waals surface area contributed by atoms with E-state index < -0.39 is 5.97 Å². The van der Waals surface area contributed by atoms with E-state index in [1.807, 2.05) is 44.2 Å². The van der Waals surface area contributed by atoms with Gasteiger partial charge in [-0.25, -0.2) is 9.48 Å². The number of nitrogens with one attached hydrogen (secondary N) is 1. The van der Waals surface area contributed by atoms with Crippen LogP contribution in [0.3, 0.4) is 0 Å². The van der Waals surface area contributed by atoms with Gasteiger partial charge in [0.1, 0.15) is 5.65 Å². The molecule has 2 heterocycles. The number of benzene rings is 2. The summed E-state index contributed by atoms with van der Waals surface area (Å²) in [4.78, 5) is 37.4. The van der Waals surface area contributed by atoms with Crippen molar-refractivity contribution in [1.29, 1.82) is 0 Å². The first kappa shape index (κ1) is 23.0. The molecule has 0 saturated carbocycles. The lowest BCUT2D eigenvalue weighted by atomic mass is 10.0. The maximum atomic E-state index is 13.2. The third kappa shape index (κ3) is 4.22. The fourth-order valence-electron chi connectivity index (χ4n) is 4.19. The molecule has 2 aromatic heterocycles. The lowest BCUT2D eigenvalue weighted by molar-refractivity contribution is -0.116. The Morgan fingerprint density at radius 2 is 1.71 bits per heavy atom. The zero-order chi connectivity index (χ0) is 24.4. The molecule has 0 unspecified atom stereocenters. The van der Waals surface area contributed by atoms with Gasteiger partial charge in [0.25, 0.3) is 5.56 Å². The molecule has 0 aliphatic rings. The van der Waals surface area contributed by atoms with E-state index in [0.29, 0.717) is 23.2 Å². The van der Waals surface area contributed by atoms with Crippen LogP contribution in [0.25, 0.3) is 16.7 Å². The number of anilines is 1. The molecule has 0 saturated heterocycles. The summed E-state index contributed by atoms with van der Waals surface area (Å²) in [7, 11) is 3.05. The number of carbonyl (C=O) groups excluding carboxylic acids is 2. The lowest BCUT2D eigenvalue weighted by Gasteiger charge is -2.13. The van der Waals surface area contributed by atoms with Gasteiger partial charge in [-0.1, -0.05) is 18.2 Å². The Morgan fingerprint density at radius 1 is 1.03 bits per heavy atom. The molecule has 4 rings (SSSR count). The quantitative estimate of drug-likeness (QED) is 0.445. The fraction of sp³-hybridized carbons (Fsp3) is 0.231. The van der Waals surface area contributed by atoms with Gasteiger partial charge in [0.15, 0.2) is 0 Å². The second kappa shape index (κ2) is 9.35. The van der Waals surface area contributed by atoms with Gasteiger partial charge in [-0.2, -0.15) is 5.10 Å². The smallest absolute Gasteiger partial charge is 0.337 e. The number of methoxy groups -OCH3 is 1. The summed E-state index contributed by atoms with van der Waals surface area (Å²) in [5, 5.41) is 8.41. The number of aryl methyl sites for hydroxylation is 3. The monoisotopic (exact) mass is 458 g/mol. The van der Waals surface area contributed by atoms with E-state index in [1.54, 1.807) is 40.6 Å². The van der Waals surface area contributed by atoms with E-state index in [0.717, 1.165) is 28.0 Å². The van der Waals surface area contributed by atoms with Gasteiger partial charge < -0.3 is 10.1 Å². The summed E-state index contributed by atoms with van der Waals surface area (Å²) in [6.07, 6.45) is 0.447. The summed E-state index contributed by atoms with van der Waals surface area (Å²) in [6.45, 7) is 3.83. The summed E-state index contributed by atoms with van der Waals surface area (Å²) in [6, 6.07) is 16.1. The minimum absolute atomic E-state index is 0.141. The minimum atomic E-state index is -0.439. The number of pyridine rings is 1. The number of ether oxygens (including phenoxy) is 1. The van der Waals surface area contributed by atoms with Gasteiger partial charge in [0.05, 0.1) is 24.1 Å². The van der Waals surface area contributed by atoms with Crippen LogP contribution in [0.5, 0.6) is 0 Å². The molecule has 174 valence electrons. The molecule has 0 aliphatic heterocycles. The molecule has 1 N–H and O–H groups in total. The van der Waals surface area contributed by atoms with Gasteiger partial charge >= 0.3 is 5.97 Å². The molecule has 0 aliphatic carbocycles. The zero-order valence-electron chi connectivity index (χ0n) is 19.6. The molecule has 1 amide bonds. The molecular weight excluding hydrogens is 432 g/mol. The Labute approximate surface area is 196 Å². The number of rotatable bonds is 6. The van der Waals surface area contributed by atoms with Gasteiger partial charge in [-0.3, -0.25) is 14.2 Å². The second-order valence-electron chi connectivity index (χ2n) is 8.12. The number of hydrogen-bond donors (Lipinski definition) is 1. The van der Waals surface area contributed by atoms with E-state index in [4.69, 9.17) is 0 Å². The predicted molar refractivity (Wildman–Crippen MR) is 131 cm³/mol. The molecule has 0 atom stereocenters. The van der Waals surface area contributed by atoms with E-state index >= 15 is 0 Å². The van der Waals surface area contributed by atoms with Crippen LogP contribution >= 0.6 is 0 Å². The molecular formula is C26H26N4O4. The van der Waals surface area contributed by atoms with Crippen LogP contribution in [-0.4, -0.2) is 33.3 Å². The minimum Gasteiger partial charge on any atom is -0.465 e. The number of fused-ring (bicyclic) bond motifs is 1. The van der Waals surface area contributed by atoms with Crippen molar-refractivity contribution in [2.24, 2.45) is 7.05 Å². The molecule has 0 radical (unpaired) electrons. The highest BCUT2D eigenvalue weighted by atomic mass is 16.5. The molecule has 8 heteroatoms. The van der Waals surface area contributed by atoms with Crippen molar-refractivity contribution < 1.29 is 14.3 Å². The number of hydrogen-bond acceptors (Lipinski definition) is 5. The Morgan fingerprint density at radius 3 is 2.35 bits per heavy atom. The van der Waals surface area contributed by atoms with Crippen LogP contribution in [0.15, 0.2) is 59.4 Å². The number of amides is 1. The zero-order valence-corrected chi connectivity index (χ0v) is 19.6. The highest BCUT2D eigenvalue weighted by Gasteiger charge is 2.20. The predicted octanol–water partition coefficient (Wildman–Crippen LogP) is 3.70. The number of nitrogens with zero attached hydrogens (tertiary/aromatic N) is 3. The summed E-state index contributed by atoms with van der Waals surface area (Å²) in [5.74, 6) is -0.658. The number of esters is 1. The summed E-state index contributed by atoms with van der Waals surface area (Å²) < 4.78 is 8.07. The van der Waals surface area contributed by atoms with Crippen LogP contribution < -0.4 is 10.9 Å². The lowest BCUT2D eigenvalue weighted by Crippen LogP contribution is -2.25. The normalized spacial score (nSPS) is 10.9. The average molecular weight is 459 g/mol. The third-order valence-electron chi connectivity index (χ3n) is 5.94. The molecule has 34 heavy (non-hydrogen) atoms. The fourth-order valence-corrected chi connectivity index (χ4v) is 4.19. The number of carbonyl (C=O) groups is 2. The van der Waals surface area contributed by atoms with Crippen molar-refractivity contribution >= 4 is 28.6 Å². The van der Waals surface area contributed by atoms with Crippen LogP contribution in [0.1, 0.15) is 33.6 Å². The number of para-hydroxylation sites is 1. The van der Waals surface area contributed by atoms with Gasteiger partial charge in [0.2, 0.25) is 5.91 Å². The standard InChI is InChI=1S/C26H26N4O4/c1-16-21(14-15-22(31)27-19-12-10-18(11-13-19)26(33)34-4)25(32)29(3)24-23(16)17(2)28-30(24)20-8-6-5-7-9-20/h5-13H,14-15H2,1-4H3,(H,27,31). The van der Waals surface area contributed by atoms with Crippen molar-refractivity contribution in [1.82, 2.24) is 14.3 Å². The summed E-state index contributed by atoms with van der Waals surface area (Å²) >= 11 is 0. The molecule has 0 spiro atoms. The SMILES string of the molecule is COC(=O)c1ccc(NC(=O)CCc2c(C)c3c(C)nn(-c4ccccc4)c3n(C)c2=O)cc1. The Kier molecular flexibility index (Phi) is 6.32. The molecule has 0 bridgehead atoms. The topological polar surface area (TPSA) is 95.2 Å². The Balaban J connectivity index is 1.58. The Hall–Kier alpha value is -4.20. The van der Waals surface area contributed by atoms with E-state index in [2.05, 4.69) is 15.2 Å². The average Bonchev–Trinajstić information content (AvgIpc) is 3.20. The molecule has 8 nitrogen and oxygen atoms in total. The maximum Gasteiger partial charge on any atom is 0.337 e. The van der Waals surface area contributed by atoms with Crippen LogP contribution in [0.2, 0.25) is 0 Å². The van der Waals surface area contributed by atoms with Crippen LogP contribution in [0, 0.1) is 13.8 Å². The van der Waals surface area contributed by atoms with Crippen molar-refractivity contribution in [3.8, 4) is 5.69 Å². The second-order valence-corrected chi connectivity index (χ2v) is 8.12. The molecule has 0 fully saturated rings. The van der Waals surface area contributed by atoms with Gasteiger partial charge in [0, 0.05) is 30.1 Å². The van der Waals surface area contributed by atoms with Crippen molar-refractivity contribution in [3.05, 3.63) is 87.3 Å². The first-order valence-electron chi connectivity index (χ1n) is 10.9. The first-order chi connectivity index (χ1) is 16.3. The largest absolute Gasteiger partial charge is 0.465 e. The van der Waals surface area contributed by atoms with E-state index in [-0.39, 0.29) is 17.9 Å². The van der Waals surface area contributed by atoms with Crippen LogP contribution in [0.4, 0.5) is 5.69 Å². The maximum absolute atomic E-state index is 13.2. The van der Waals surface area contributed by atoms with Crippen molar-refractivity contribution in [2.75, 3.05) is 12.4 Å². The van der Waals surface area contributed by atoms with Crippen molar-refractivity contribution in [2.45, 2.75) is 26.7 Å². The van der Waals surface area contributed by atoms with E-state index in [1.165, 1.54) is 7.11 Å². The third-order valence-corrected chi connectivity index (χ3v) is 5.94. The summed E-state index contributed by atoms with van der Waals surface area (Å²) in [5.41, 5.74) is 4.69. The number of aromatic nitrogens is 3. The Bertz CT molecular complexity index is 1430. The highest BCUT2D eigenvalue weighted by molar-refractivity contribution is 5.93. The van der Waals surface area contributed by atoms with Gasteiger partial charge in [-0.15, -0.1) is 0 Å².